The van der Waals surface area contributed by atoms with Gasteiger partial charge in [0, 0.05) is 23.0 Å². The third-order valence-electron chi connectivity index (χ3n) is 4.31. The fourth-order valence-corrected chi connectivity index (χ4v) is 3.43. The minimum atomic E-state index is -0.226. The van der Waals surface area contributed by atoms with E-state index < -0.39 is 0 Å². The lowest BCUT2D eigenvalue weighted by Crippen LogP contribution is -2.44. The predicted molar refractivity (Wildman–Crippen MR) is 99.3 cm³/mol. The van der Waals surface area contributed by atoms with Crippen molar-refractivity contribution in [3.63, 3.8) is 0 Å². The number of fused-ring (bicyclic) bond motifs is 1. The first-order valence-electron chi connectivity index (χ1n) is 7.95. The maximum atomic E-state index is 13.5. The van der Waals surface area contributed by atoms with Gasteiger partial charge in [-0.05, 0) is 74.8 Å². The number of thiocarbonyl (C=S) groups is 1. The Morgan fingerprint density at radius 1 is 1.29 bits per heavy atom. The lowest BCUT2D eigenvalue weighted by atomic mass is 9.97. The number of ketones is 1. The summed E-state index contributed by atoms with van der Waals surface area (Å²) in [5, 5.41) is 3.76. The molecule has 2 aromatic carbocycles. The number of hydrogen-bond acceptors (Lipinski definition) is 2. The normalized spacial score (nSPS) is 16.5. The molecule has 0 fully saturated rings. The number of carbonyl (C=O) groups excluding carboxylic acids is 1. The summed E-state index contributed by atoms with van der Waals surface area (Å²) >= 11 is 5.59. The second-order valence-corrected chi connectivity index (χ2v) is 6.48. The minimum Gasteiger partial charge on any atom is -0.332 e. The van der Waals surface area contributed by atoms with Crippen LogP contribution in [-0.4, -0.2) is 16.9 Å². The highest BCUT2D eigenvalue weighted by Crippen LogP contribution is 2.32. The van der Waals surface area contributed by atoms with E-state index >= 15 is 0 Å². The molecule has 1 atom stereocenters. The smallest absolute Gasteiger partial charge is 0.178 e. The van der Waals surface area contributed by atoms with Crippen molar-refractivity contribution in [1.29, 1.82) is 0 Å². The Bertz CT molecular complexity index is 806. The van der Waals surface area contributed by atoms with Crippen molar-refractivity contribution in [2.24, 2.45) is 0 Å². The number of rotatable bonds is 2. The fourth-order valence-electron chi connectivity index (χ4n) is 3.03. The molecule has 0 radical (unpaired) electrons. The van der Waals surface area contributed by atoms with E-state index in [0.717, 1.165) is 29.8 Å². The Morgan fingerprint density at radius 3 is 2.83 bits per heavy atom. The Hall–Kier alpha value is -2.27. The van der Waals surface area contributed by atoms with Crippen molar-refractivity contribution >= 4 is 34.5 Å². The highest BCUT2D eigenvalue weighted by atomic mass is 32.1. The van der Waals surface area contributed by atoms with Crippen LogP contribution in [0.1, 0.15) is 36.2 Å². The molecule has 0 aliphatic carbocycles. The number of Topliss-reactive ketones (excluding diaryl/α,β-unsaturated/α-hetero) is 1. The zero-order valence-corrected chi connectivity index (χ0v) is 14.5. The van der Waals surface area contributed by atoms with Crippen LogP contribution in [0, 0.1) is 5.82 Å². The van der Waals surface area contributed by atoms with E-state index in [-0.39, 0.29) is 17.6 Å². The van der Waals surface area contributed by atoms with Gasteiger partial charge in [-0.3, -0.25) is 4.79 Å². The Morgan fingerprint density at radius 2 is 2.08 bits per heavy atom. The number of aryl methyl sites for hydroxylation is 1. The van der Waals surface area contributed by atoms with Crippen LogP contribution in [0.15, 0.2) is 42.5 Å². The zero-order chi connectivity index (χ0) is 17.3. The van der Waals surface area contributed by atoms with Gasteiger partial charge in [0.25, 0.3) is 0 Å². The lowest BCUT2D eigenvalue weighted by Gasteiger charge is -2.37. The molecule has 5 heteroatoms. The SMILES string of the molecule is CC(=O)c1cccc(NC(=S)N2c3ccc(F)cc3CCC2C)c1. The molecule has 3 nitrogen and oxygen atoms in total. The summed E-state index contributed by atoms with van der Waals surface area (Å²) in [6, 6.07) is 12.3. The van der Waals surface area contributed by atoms with Crippen LogP contribution >= 0.6 is 12.2 Å². The summed E-state index contributed by atoms with van der Waals surface area (Å²) in [5.74, 6) is -0.215. The summed E-state index contributed by atoms with van der Waals surface area (Å²) in [7, 11) is 0. The first-order valence-corrected chi connectivity index (χ1v) is 8.36. The van der Waals surface area contributed by atoms with Crippen molar-refractivity contribution in [2.45, 2.75) is 32.7 Å². The fraction of sp³-hybridized carbons (Fsp3) is 0.263. The zero-order valence-electron chi connectivity index (χ0n) is 13.7. The van der Waals surface area contributed by atoms with Gasteiger partial charge in [0.05, 0.1) is 0 Å². The Kier molecular flexibility index (Phi) is 4.62. The molecular weight excluding hydrogens is 323 g/mol. The number of halogens is 1. The van der Waals surface area contributed by atoms with Gasteiger partial charge in [-0.2, -0.15) is 0 Å². The molecule has 1 aliphatic heterocycles. The van der Waals surface area contributed by atoms with Gasteiger partial charge in [-0.1, -0.05) is 12.1 Å². The van der Waals surface area contributed by atoms with Crippen LogP contribution in [0.2, 0.25) is 0 Å². The number of benzene rings is 2. The van der Waals surface area contributed by atoms with Gasteiger partial charge in [-0.25, -0.2) is 4.39 Å². The highest BCUT2D eigenvalue weighted by molar-refractivity contribution is 7.80. The van der Waals surface area contributed by atoms with E-state index in [0.29, 0.717) is 10.7 Å². The maximum absolute atomic E-state index is 13.5. The van der Waals surface area contributed by atoms with E-state index in [1.54, 1.807) is 24.3 Å². The Balaban J connectivity index is 1.87. The van der Waals surface area contributed by atoms with Gasteiger partial charge in [0.15, 0.2) is 10.9 Å². The van der Waals surface area contributed by atoms with E-state index in [4.69, 9.17) is 12.2 Å². The number of nitrogens with one attached hydrogen (secondary N) is 1. The van der Waals surface area contributed by atoms with Crippen LogP contribution in [0.5, 0.6) is 0 Å². The van der Waals surface area contributed by atoms with Crippen molar-refractivity contribution < 1.29 is 9.18 Å². The Labute approximate surface area is 146 Å². The molecule has 24 heavy (non-hydrogen) atoms. The molecule has 124 valence electrons. The molecule has 0 amide bonds. The second kappa shape index (κ2) is 6.69. The number of hydrogen-bond donors (Lipinski definition) is 1. The standard InChI is InChI=1S/C19H19FN2OS/c1-12-6-7-15-10-16(20)8-9-18(15)22(12)19(24)21-17-5-3-4-14(11-17)13(2)23/h3-5,8-12H,6-7H2,1-2H3,(H,21,24). The molecule has 1 aliphatic rings. The van der Waals surface area contributed by atoms with Crippen LogP contribution in [0.4, 0.5) is 15.8 Å². The largest absolute Gasteiger partial charge is 0.332 e. The molecule has 3 rings (SSSR count). The average Bonchev–Trinajstić information content (AvgIpc) is 2.55. The van der Waals surface area contributed by atoms with E-state index in [1.165, 1.54) is 13.0 Å². The van der Waals surface area contributed by atoms with Gasteiger partial charge < -0.3 is 10.2 Å². The van der Waals surface area contributed by atoms with Crippen LogP contribution in [-0.2, 0) is 6.42 Å². The summed E-state index contributed by atoms with van der Waals surface area (Å²) in [5.41, 5.74) is 3.32. The lowest BCUT2D eigenvalue weighted by molar-refractivity contribution is 0.101. The second-order valence-electron chi connectivity index (χ2n) is 6.10. The van der Waals surface area contributed by atoms with E-state index in [9.17, 15) is 9.18 Å². The van der Waals surface area contributed by atoms with Crippen LogP contribution < -0.4 is 10.2 Å². The van der Waals surface area contributed by atoms with E-state index in [1.807, 2.05) is 17.0 Å². The van der Waals surface area contributed by atoms with Crippen LogP contribution in [0.25, 0.3) is 0 Å². The molecular formula is C19H19FN2OS. The van der Waals surface area contributed by atoms with Crippen molar-refractivity contribution in [1.82, 2.24) is 0 Å². The monoisotopic (exact) mass is 342 g/mol. The maximum Gasteiger partial charge on any atom is 0.178 e. The summed E-state index contributed by atoms with van der Waals surface area (Å²) < 4.78 is 13.5. The molecule has 0 spiro atoms. The third-order valence-corrected chi connectivity index (χ3v) is 4.61. The average molecular weight is 342 g/mol. The highest BCUT2D eigenvalue weighted by Gasteiger charge is 2.26. The minimum absolute atomic E-state index is 0.0109. The van der Waals surface area contributed by atoms with Gasteiger partial charge >= 0.3 is 0 Å². The molecule has 0 saturated carbocycles. The molecule has 0 bridgehead atoms. The molecule has 0 saturated heterocycles. The van der Waals surface area contributed by atoms with Gasteiger partial charge in [-0.15, -0.1) is 0 Å². The summed E-state index contributed by atoms with van der Waals surface area (Å²) in [4.78, 5) is 13.5. The third kappa shape index (κ3) is 3.31. The van der Waals surface area contributed by atoms with E-state index in [2.05, 4.69) is 12.2 Å². The number of nitrogens with zero attached hydrogens (tertiary/aromatic N) is 1. The number of carbonyl (C=O) groups is 1. The molecule has 1 N–H and O–H groups in total. The molecule has 0 aromatic heterocycles. The molecule has 2 aromatic rings. The predicted octanol–water partition coefficient (Wildman–Crippen LogP) is 4.57. The summed E-state index contributed by atoms with van der Waals surface area (Å²) in [6.07, 6.45) is 1.75. The quantitative estimate of drug-likeness (QED) is 0.640. The van der Waals surface area contributed by atoms with Crippen molar-refractivity contribution in [3.8, 4) is 0 Å². The van der Waals surface area contributed by atoms with Gasteiger partial charge in [0.2, 0.25) is 0 Å². The number of anilines is 2. The van der Waals surface area contributed by atoms with Crippen LogP contribution in [0.3, 0.4) is 0 Å². The first kappa shape index (κ1) is 16.6. The molecule has 1 unspecified atom stereocenters. The topological polar surface area (TPSA) is 32.3 Å². The van der Waals surface area contributed by atoms with Crippen molar-refractivity contribution in [2.75, 3.05) is 10.2 Å². The van der Waals surface area contributed by atoms with Gasteiger partial charge in [0.1, 0.15) is 5.82 Å². The first-order chi connectivity index (χ1) is 11.5. The molecule has 1 heterocycles. The summed E-state index contributed by atoms with van der Waals surface area (Å²) in [6.45, 7) is 3.64. The van der Waals surface area contributed by atoms with Crippen molar-refractivity contribution in [3.05, 3.63) is 59.4 Å².